The quantitative estimate of drug-likeness (QED) is 0.675. The van der Waals surface area contributed by atoms with E-state index in [9.17, 15) is 9.18 Å². The van der Waals surface area contributed by atoms with Crippen LogP contribution in [-0.2, 0) is 12.3 Å². The summed E-state index contributed by atoms with van der Waals surface area (Å²) in [5.74, 6) is -0.00118. The maximum atomic E-state index is 12.8. The summed E-state index contributed by atoms with van der Waals surface area (Å²) in [4.78, 5) is 12.0. The van der Waals surface area contributed by atoms with Gasteiger partial charge in [0.25, 0.3) is 5.91 Å². The van der Waals surface area contributed by atoms with Crippen LogP contribution in [-0.4, -0.2) is 26.3 Å². The molecule has 0 unspecified atom stereocenters. The van der Waals surface area contributed by atoms with Gasteiger partial charge in [-0.2, -0.15) is 0 Å². The van der Waals surface area contributed by atoms with E-state index in [1.165, 1.54) is 46.6 Å². The van der Waals surface area contributed by atoms with Crippen molar-refractivity contribution in [3.63, 3.8) is 0 Å². The number of amides is 1. The molecule has 0 saturated heterocycles. The number of hydrogen-bond donors (Lipinski definition) is 1. The molecule has 1 aromatic carbocycles. The van der Waals surface area contributed by atoms with Gasteiger partial charge in [0.1, 0.15) is 16.3 Å². The van der Waals surface area contributed by atoms with Gasteiger partial charge in [-0.15, -0.1) is 20.4 Å². The lowest BCUT2D eigenvalue weighted by Crippen LogP contribution is -2.22. The Morgan fingerprint density at radius 1 is 1.22 bits per heavy atom. The van der Waals surface area contributed by atoms with Crippen molar-refractivity contribution < 1.29 is 9.18 Å². The minimum atomic E-state index is -0.304. The zero-order chi connectivity index (χ0) is 16.1. The highest BCUT2D eigenvalue weighted by molar-refractivity contribution is 8.00. The van der Waals surface area contributed by atoms with E-state index in [4.69, 9.17) is 0 Å². The molecule has 1 N–H and O–H groups in total. The van der Waals surface area contributed by atoms with Gasteiger partial charge in [0.2, 0.25) is 5.01 Å². The van der Waals surface area contributed by atoms with E-state index < -0.39 is 0 Å². The topological polar surface area (TPSA) is 80.7 Å². The number of hydrogen-bond acceptors (Lipinski definition) is 8. The molecule has 6 nitrogen and oxygen atoms in total. The van der Waals surface area contributed by atoms with Crippen molar-refractivity contribution in [2.75, 3.05) is 0 Å². The Balaban J connectivity index is 1.52. The van der Waals surface area contributed by atoms with Crippen molar-refractivity contribution in [1.82, 2.24) is 25.7 Å². The molecule has 10 heteroatoms. The number of rotatable bonds is 6. The van der Waals surface area contributed by atoms with Crippen LogP contribution in [0.1, 0.15) is 20.4 Å². The van der Waals surface area contributed by atoms with E-state index in [1.54, 1.807) is 17.6 Å². The Kier molecular flexibility index (Phi) is 5.26. The lowest BCUT2D eigenvalue weighted by Gasteiger charge is -2.02. The molecule has 118 valence electrons. The Bertz CT molecular complexity index is 775. The molecule has 2 heterocycles. The molecule has 2 aromatic heterocycles. The first-order valence-electron chi connectivity index (χ1n) is 6.45. The minimum absolute atomic E-state index is 0.293. The number of benzene rings is 1. The Hall–Kier alpha value is -1.91. The summed E-state index contributed by atoms with van der Waals surface area (Å²) in [7, 11) is 0. The second-order valence-corrected chi connectivity index (χ2v) is 7.42. The zero-order valence-corrected chi connectivity index (χ0v) is 14.1. The number of carbonyl (C=O) groups excluding carboxylic acids is 1. The van der Waals surface area contributed by atoms with Crippen LogP contribution in [0.5, 0.6) is 0 Å². The number of thioether (sulfide) groups is 1. The molecular weight excluding hydrogens is 357 g/mol. The van der Waals surface area contributed by atoms with Crippen molar-refractivity contribution in [1.29, 1.82) is 0 Å². The fourth-order valence-electron chi connectivity index (χ4n) is 1.61. The molecule has 0 radical (unpaired) electrons. The zero-order valence-electron chi connectivity index (χ0n) is 11.6. The molecule has 3 rings (SSSR count). The summed E-state index contributed by atoms with van der Waals surface area (Å²) >= 11 is 4.20. The van der Waals surface area contributed by atoms with Crippen LogP contribution in [0.15, 0.2) is 34.1 Å². The smallest absolute Gasteiger partial charge is 0.282 e. The van der Waals surface area contributed by atoms with E-state index >= 15 is 0 Å². The van der Waals surface area contributed by atoms with Gasteiger partial charge in [-0.1, -0.05) is 46.6 Å². The summed E-state index contributed by atoms with van der Waals surface area (Å²) in [6, 6.07) is 5.96. The van der Waals surface area contributed by atoms with Crippen LogP contribution in [0.25, 0.3) is 0 Å². The second kappa shape index (κ2) is 7.57. The molecule has 0 aliphatic heterocycles. The molecule has 23 heavy (non-hydrogen) atoms. The van der Waals surface area contributed by atoms with Gasteiger partial charge in [0.05, 0.1) is 5.75 Å². The third kappa shape index (κ3) is 4.53. The minimum Gasteiger partial charge on any atom is -0.346 e. The highest BCUT2D eigenvalue weighted by atomic mass is 32.2. The van der Waals surface area contributed by atoms with Crippen molar-refractivity contribution in [3.8, 4) is 0 Å². The molecule has 0 aliphatic rings. The van der Waals surface area contributed by atoms with Crippen LogP contribution in [0.2, 0.25) is 0 Å². The van der Waals surface area contributed by atoms with E-state index in [1.807, 2.05) is 0 Å². The number of nitrogens with one attached hydrogen (secondary N) is 1. The molecule has 1 amide bonds. The van der Waals surface area contributed by atoms with Gasteiger partial charge in [-0.3, -0.25) is 4.79 Å². The number of nitrogens with zero attached hydrogens (tertiary/aromatic N) is 4. The Morgan fingerprint density at radius 2 is 2.04 bits per heavy atom. The predicted octanol–water partition coefficient (Wildman–Crippen LogP) is 2.75. The normalized spacial score (nSPS) is 10.7. The predicted molar refractivity (Wildman–Crippen MR) is 86.9 cm³/mol. The largest absolute Gasteiger partial charge is 0.346 e. The van der Waals surface area contributed by atoms with E-state index in [0.29, 0.717) is 17.3 Å². The van der Waals surface area contributed by atoms with Crippen LogP contribution in [0, 0.1) is 5.82 Å². The first-order valence-corrected chi connectivity index (χ1v) is 9.13. The van der Waals surface area contributed by atoms with Gasteiger partial charge < -0.3 is 5.32 Å². The van der Waals surface area contributed by atoms with E-state index in [0.717, 1.165) is 14.9 Å². The van der Waals surface area contributed by atoms with Gasteiger partial charge in [0, 0.05) is 6.54 Å². The third-order valence-electron chi connectivity index (χ3n) is 2.69. The number of halogens is 1. The maximum absolute atomic E-state index is 12.8. The second-order valence-electron chi connectivity index (χ2n) is 4.30. The van der Waals surface area contributed by atoms with E-state index in [2.05, 4.69) is 25.7 Å². The summed E-state index contributed by atoms with van der Waals surface area (Å²) < 4.78 is 13.7. The SMILES string of the molecule is O=C(NCc1ccc(F)cc1)c1nnc(CSc2nncs2)s1. The van der Waals surface area contributed by atoms with Crippen LogP contribution < -0.4 is 5.32 Å². The Morgan fingerprint density at radius 3 is 2.78 bits per heavy atom. The summed E-state index contributed by atoms with van der Waals surface area (Å²) in [5.41, 5.74) is 2.48. The number of aromatic nitrogens is 4. The molecule has 0 bridgehead atoms. The first-order chi connectivity index (χ1) is 11.2. The summed E-state index contributed by atoms with van der Waals surface area (Å²) in [6.45, 7) is 0.313. The number of carbonyl (C=O) groups is 1. The van der Waals surface area contributed by atoms with Gasteiger partial charge in [0.15, 0.2) is 4.34 Å². The van der Waals surface area contributed by atoms with Gasteiger partial charge in [-0.25, -0.2) is 4.39 Å². The lowest BCUT2D eigenvalue weighted by atomic mass is 10.2. The van der Waals surface area contributed by atoms with Crippen molar-refractivity contribution in [2.24, 2.45) is 0 Å². The summed E-state index contributed by atoms with van der Waals surface area (Å²) in [6.07, 6.45) is 0. The highest BCUT2D eigenvalue weighted by Crippen LogP contribution is 2.25. The summed E-state index contributed by atoms with van der Waals surface area (Å²) in [5, 5.41) is 19.4. The Labute approximate surface area is 143 Å². The van der Waals surface area contributed by atoms with Gasteiger partial charge >= 0.3 is 0 Å². The molecular formula is C13H10FN5OS3. The molecule has 3 aromatic rings. The monoisotopic (exact) mass is 367 g/mol. The van der Waals surface area contributed by atoms with Gasteiger partial charge in [-0.05, 0) is 17.7 Å². The lowest BCUT2D eigenvalue weighted by molar-refractivity contribution is 0.0950. The molecule has 0 spiro atoms. The molecule has 0 fully saturated rings. The fraction of sp³-hybridized carbons (Fsp3) is 0.154. The standard InChI is InChI=1S/C13H10FN5OS3/c14-9-3-1-8(2-4-9)5-15-11(20)12-18-17-10(23-12)6-21-13-19-16-7-22-13/h1-4,7H,5-6H2,(H,15,20). The van der Waals surface area contributed by atoms with Crippen LogP contribution >= 0.6 is 34.4 Å². The van der Waals surface area contributed by atoms with E-state index in [-0.39, 0.29) is 11.7 Å². The van der Waals surface area contributed by atoms with Crippen LogP contribution in [0.3, 0.4) is 0 Å². The molecule has 0 atom stereocenters. The first kappa shape index (κ1) is 16.0. The average Bonchev–Trinajstić information content (AvgIpc) is 3.23. The highest BCUT2D eigenvalue weighted by Gasteiger charge is 2.13. The maximum Gasteiger partial charge on any atom is 0.282 e. The third-order valence-corrected chi connectivity index (χ3v) is 5.66. The van der Waals surface area contributed by atoms with Crippen molar-refractivity contribution in [3.05, 3.63) is 51.2 Å². The van der Waals surface area contributed by atoms with Crippen LogP contribution in [0.4, 0.5) is 4.39 Å². The van der Waals surface area contributed by atoms with Crippen molar-refractivity contribution in [2.45, 2.75) is 16.6 Å². The molecule has 0 aliphatic carbocycles. The fourth-order valence-corrected chi connectivity index (χ4v) is 3.84. The molecule has 0 saturated carbocycles. The van der Waals surface area contributed by atoms with Crippen molar-refractivity contribution >= 4 is 40.3 Å². The average molecular weight is 367 g/mol.